The highest BCUT2D eigenvalue weighted by Gasteiger charge is 2.17. The summed E-state index contributed by atoms with van der Waals surface area (Å²) in [6.07, 6.45) is 0. The van der Waals surface area contributed by atoms with Gasteiger partial charge in [0.15, 0.2) is 0 Å². The van der Waals surface area contributed by atoms with Crippen molar-refractivity contribution in [2.24, 2.45) is 0 Å². The first-order chi connectivity index (χ1) is 8.18. The first-order valence-corrected chi connectivity index (χ1v) is 6.28. The highest BCUT2D eigenvalue weighted by Crippen LogP contribution is 2.15. The van der Waals surface area contributed by atoms with Crippen LogP contribution in [0.5, 0.6) is 0 Å². The van der Waals surface area contributed by atoms with Crippen LogP contribution in [0.15, 0.2) is 24.3 Å². The molecule has 1 heterocycles. The van der Waals surface area contributed by atoms with E-state index in [0.717, 1.165) is 31.7 Å². The monoisotopic (exact) mass is 232 g/mol. The molecule has 1 aromatic carbocycles. The number of piperazine rings is 1. The van der Waals surface area contributed by atoms with Crippen LogP contribution in [0.25, 0.3) is 0 Å². The van der Waals surface area contributed by atoms with Gasteiger partial charge < -0.3 is 10.2 Å². The van der Waals surface area contributed by atoms with Gasteiger partial charge in [-0.05, 0) is 23.6 Å². The molecule has 0 spiro atoms. The van der Waals surface area contributed by atoms with E-state index in [0.29, 0.717) is 5.92 Å². The maximum Gasteiger partial charge on any atom is 0.253 e. The Morgan fingerprint density at radius 2 is 1.76 bits per heavy atom. The third-order valence-corrected chi connectivity index (χ3v) is 3.23. The maximum absolute atomic E-state index is 12.2. The van der Waals surface area contributed by atoms with Crippen LogP contribution >= 0.6 is 0 Å². The number of nitrogens with zero attached hydrogens (tertiary/aromatic N) is 1. The zero-order chi connectivity index (χ0) is 12.3. The van der Waals surface area contributed by atoms with Gasteiger partial charge in [0.1, 0.15) is 0 Å². The lowest BCUT2D eigenvalue weighted by molar-refractivity contribution is 0.0736. The van der Waals surface area contributed by atoms with Crippen molar-refractivity contribution in [3.8, 4) is 0 Å². The molecule has 0 aliphatic carbocycles. The standard InChI is InChI=1S/C14H20N2O/c1-11(2)12-3-5-13(6-4-12)14(17)16-9-7-15-8-10-16/h3-6,11,15H,7-10H2,1-2H3. The van der Waals surface area contributed by atoms with Crippen LogP contribution in [0.3, 0.4) is 0 Å². The van der Waals surface area contributed by atoms with E-state index in [1.54, 1.807) is 0 Å². The third-order valence-electron chi connectivity index (χ3n) is 3.23. The van der Waals surface area contributed by atoms with Crippen LogP contribution in [-0.4, -0.2) is 37.0 Å². The van der Waals surface area contributed by atoms with Crippen LogP contribution in [0, 0.1) is 0 Å². The van der Waals surface area contributed by atoms with Gasteiger partial charge in [-0.25, -0.2) is 0 Å². The smallest absolute Gasteiger partial charge is 0.253 e. The molecule has 0 unspecified atom stereocenters. The predicted octanol–water partition coefficient (Wildman–Crippen LogP) is 1.86. The Morgan fingerprint density at radius 1 is 1.18 bits per heavy atom. The van der Waals surface area contributed by atoms with Crippen molar-refractivity contribution < 1.29 is 4.79 Å². The fourth-order valence-corrected chi connectivity index (χ4v) is 2.06. The Bertz CT molecular complexity index is 378. The second kappa shape index (κ2) is 5.32. The molecule has 1 aromatic rings. The van der Waals surface area contributed by atoms with Crippen molar-refractivity contribution in [2.45, 2.75) is 19.8 Å². The molecule has 0 radical (unpaired) electrons. The van der Waals surface area contributed by atoms with Gasteiger partial charge in [-0.2, -0.15) is 0 Å². The van der Waals surface area contributed by atoms with Gasteiger partial charge in [0, 0.05) is 31.7 Å². The zero-order valence-corrected chi connectivity index (χ0v) is 10.6. The normalized spacial score (nSPS) is 16.3. The van der Waals surface area contributed by atoms with E-state index in [1.807, 2.05) is 17.0 Å². The average molecular weight is 232 g/mol. The fourth-order valence-electron chi connectivity index (χ4n) is 2.06. The minimum atomic E-state index is 0.154. The molecule has 0 bridgehead atoms. The lowest BCUT2D eigenvalue weighted by Crippen LogP contribution is -2.46. The summed E-state index contributed by atoms with van der Waals surface area (Å²) in [6.45, 7) is 7.74. The molecule has 0 atom stereocenters. The zero-order valence-electron chi connectivity index (χ0n) is 10.6. The number of amides is 1. The minimum Gasteiger partial charge on any atom is -0.336 e. The van der Waals surface area contributed by atoms with E-state index >= 15 is 0 Å². The fraction of sp³-hybridized carbons (Fsp3) is 0.500. The molecule has 92 valence electrons. The summed E-state index contributed by atoms with van der Waals surface area (Å²) in [6, 6.07) is 8.00. The largest absolute Gasteiger partial charge is 0.336 e. The number of carbonyl (C=O) groups is 1. The van der Waals surface area contributed by atoms with Gasteiger partial charge >= 0.3 is 0 Å². The summed E-state index contributed by atoms with van der Waals surface area (Å²) >= 11 is 0. The highest BCUT2D eigenvalue weighted by molar-refractivity contribution is 5.94. The van der Waals surface area contributed by atoms with Crippen LogP contribution in [0.2, 0.25) is 0 Å². The predicted molar refractivity (Wildman–Crippen MR) is 69.3 cm³/mol. The molecule has 1 aliphatic heterocycles. The summed E-state index contributed by atoms with van der Waals surface area (Å²) in [5.74, 6) is 0.667. The van der Waals surface area contributed by atoms with Gasteiger partial charge in [-0.15, -0.1) is 0 Å². The van der Waals surface area contributed by atoms with Gasteiger partial charge in [0.25, 0.3) is 5.91 Å². The van der Waals surface area contributed by atoms with Crippen molar-refractivity contribution in [3.05, 3.63) is 35.4 Å². The lowest BCUT2D eigenvalue weighted by atomic mass is 10.0. The Morgan fingerprint density at radius 3 is 2.29 bits per heavy atom. The molecule has 1 fully saturated rings. The number of benzene rings is 1. The molecule has 3 nitrogen and oxygen atoms in total. The lowest BCUT2D eigenvalue weighted by Gasteiger charge is -2.27. The van der Waals surface area contributed by atoms with Gasteiger partial charge in [0.05, 0.1) is 0 Å². The summed E-state index contributed by atoms with van der Waals surface area (Å²) in [5, 5.41) is 3.25. The molecular formula is C14H20N2O. The van der Waals surface area contributed by atoms with Crippen molar-refractivity contribution in [3.63, 3.8) is 0 Å². The molecule has 17 heavy (non-hydrogen) atoms. The molecule has 0 aromatic heterocycles. The SMILES string of the molecule is CC(C)c1ccc(C(=O)N2CCNCC2)cc1. The van der Waals surface area contributed by atoms with E-state index in [1.165, 1.54) is 5.56 Å². The van der Waals surface area contributed by atoms with Crippen molar-refractivity contribution in [2.75, 3.05) is 26.2 Å². The molecule has 1 saturated heterocycles. The van der Waals surface area contributed by atoms with E-state index in [2.05, 4.69) is 31.3 Å². The Balaban J connectivity index is 2.08. The average Bonchev–Trinajstić information content (AvgIpc) is 2.39. The Labute approximate surface area is 103 Å². The quantitative estimate of drug-likeness (QED) is 0.844. The molecule has 2 rings (SSSR count). The Kier molecular flexibility index (Phi) is 3.79. The van der Waals surface area contributed by atoms with Crippen molar-refractivity contribution in [1.82, 2.24) is 10.2 Å². The van der Waals surface area contributed by atoms with Gasteiger partial charge in [-0.3, -0.25) is 4.79 Å². The first kappa shape index (κ1) is 12.1. The molecule has 3 heteroatoms. The van der Waals surface area contributed by atoms with Crippen LogP contribution < -0.4 is 5.32 Å². The molecule has 1 aliphatic rings. The highest BCUT2D eigenvalue weighted by atomic mass is 16.2. The summed E-state index contributed by atoms with van der Waals surface area (Å²) in [4.78, 5) is 14.1. The van der Waals surface area contributed by atoms with E-state index < -0.39 is 0 Å². The molecule has 1 N–H and O–H groups in total. The first-order valence-electron chi connectivity index (χ1n) is 6.28. The summed E-state index contributed by atoms with van der Waals surface area (Å²) < 4.78 is 0. The van der Waals surface area contributed by atoms with Crippen LogP contribution in [-0.2, 0) is 0 Å². The van der Waals surface area contributed by atoms with Crippen LogP contribution in [0.4, 0.5) is 0 Å². The van der Waals surface area contributed by atoms with Gasteiger partial charge in [-0.1, -0.05) is 26.0 Å². The van der Waals surface area contributed by atoms with E-state index in [9.17, 15) is 4.79 Å². The van der Waals surface area contributed by atoms with Crippen LogP contribution in [0.1, 0.15) is 35.7 Å². The number of carbonyl (C=O) groups excluding carboxylic acids is 1. The summed E-state index contributed by atoms with van der Waals surface area (Å²) in [5.41, 5.74) is 2.08. The Hall–Kier alpha value is -1.35. The van der Waals surface area contributed by atoms with E-state index in [4.69, 9.17) is 0 Å². The molecule has 1 amide bonds. The topological polar surface area (TPSA) is 32.3 Å². The number of nitrogens with one attached hydrogen (secondary N) is 1. The molecule has 0 saturated carbocycles. The number of hydrogen-bond acceptors (Lipinski definition) is 2. The number of hydrogen-bond donors (Lipinski definition) is 1. The second-order valence-electron chi connectivity index (χ2n) is 4.82. The second-order valence-corrected chi connectivity index (χ2v) is 4.82. The minimum absolute atomic E-state index is 0.154. The van der Waals surface area contributed by atoms with Crippen molar-refractivity contribution in [1.29, 1.82) is 0 Å². The van der Waals surface area contributed by atoms with E-state index in [-0.39, 0.29) is 5.91 Å². The van der Waals surface area contributed by atoms with Crippen molar-refractivity contribution >= 4 is 5.91 Å². The third kappa shape index (κ3) is 2.86. The van der Waals surface area contributed by atoms with Gasteiger partial charge in [0.2, 0.25) is 0 Å². The number of rotatable bonds is 2. The summed E-state index contributed by atoms with van der Waals surface area (Å²) in [7, 11) is 0. The molecular weight excluding hydrogens is 212 g/mol. The maximum atomic E-state index is 12.2.